The van der Waals surface area contributed by atoms with Gasteiger partial charge in [0, 0.05) is 11.8 Å². The zero-order valence-corrected chi connectivity index (χ0v) is 16.0. The smallest absolute Gasteiger partial charge is 0.326 e. The molecule has 0 saturated heterocycles. The van der Waals surface area contributed by atoms with Gasteiger partial charge in [0.25, 0.3) is 5.91 Å². The normalized spacial score (nSPS) is 12.5. The van der Waals surface area contributed by atoms with E-state index >= 15 is 0 Å². The van der Waals surface area contributed by atoms with Gasteiger partial charge in [0.05, 0.1) is 11.4 Å². The summed E-state index contributed by atoms with van der Waals surface area (Å²) in [6.45, 7) is 4.90. The first kappa shape index (κ1) is 21.6. The van der Waals surface area contributed by atoms with Gasteiger partial charge < -0.3 is 15.7 Å². The number of carbonyl (C=O) groups is 3. The molecule has 144 valence electrons. The number of benzene rings is 1. The van der Waals surface area contributed by atoms with E-state index in [2.05, 4.69) is 10.6 Å². The van der Waals surface area contributed by atoms with E-state index in [0.29, 0.717) is 5.56 Å². The highest BCUT2D eigenvalue weighted by atomic mass is 32.2. The van der Waals surface area contributed by atoms with E-state index < -0.39 is 40.2 Å². The summed E-state index contributed by atoms with van der Waals surface area (Å²) in [7, 11) is -3.47. The highest BCUT2D eigenvalue weighted by Crippen LogP contribution is 2.15. The van der Waals surface area contributed by atoms with Crippen LogP contribution in [-0.4, -0.2) is 50.2 Å². The molecule has 0 bridgehead atoms. The molecular weight excluding hydrogens is 360 g/mol. The molecule has 1 rings (SSSR count). The molecule has 0 aliphatic heterocycles. The molecule has 2 amide bonds. The highest BCUT2D eigenvalue weighted by Gasteiger charge is 2.21. The molecule has 9 heteroatoms. The van der Waals surface area contributed by atoms with Gasteiger partial charge in [-0.1, -0.05) is 19.9 Å². The van der Waals surface area contributed by atoms with E-state index in [4.69, 9.17) is 5.11 Å². The van der Waals surface area contributed by atoms with Crippen LogP contribution in [0.1, 0.15) is 36.2 Å². The summed E-state index contributed by atoms with van der Waals surface area (Å²) in [6.07, 6.45) is 1.30. The summed E-state index contributed by atoms with van der Waals surface area (Å²) in [6, 6.07) is 3.12. The van der Waals surface area contributed by atoms with E-state index in [-0.39, 0.29) is 22.8 Å². The predicted octanol–water partition coefficient (Wildman–Crippen LogP) is 0.744. The van der Waals surface area contributed by atoms with E-state index in [1.165, 1.54) is 18.2 Å². The molecule has 0 spiro atoms. The summed E-state index contributed by atoms with van der Waals surface area (Å²) in [4.78, 5) is 35.3. The van der Waals surface area contributed by atoms with E-state index in [9.17, 15) is 22.8 Å². The maximum atomic E-state index is 12.2. The number of carbonyl (C=O) groups excluding carboxylic acids is 2. The molecule has 1 aromatic carbocycles. The Morgan fingerprint density at radius 3 is 2.31 bits per heavy atom. The van der Waals surface area contributed by atoms with Crippen molar-refractivity contribution < 1.29 is 27.9 Å². The molecule has 0 aromatic heterocycles. The quantitative estimate of drug-likeness (QED) is 0.606. The van der Waals surface area contributed by atoms with Gasteiger partial charge in [-0.2, -0.15) is 0 Å². The van der Waals surface area contributed by atoms with Crippen LogP contribution in [0.3, 0.4) is 0 Å². The SMILES string of the molecule is Cc1ccc(S(C)(=O)=O)cc1C(=O)NCC(=O)N[C@@H](CC(C)C)C(=O)O. The van der Waals surface area contributed by atoms with Crippen molar-refractivity contribution in [2.75, 3.05) is 12.8 Å². The van der Waals surface area contributed by atoms with Crippen LogP contribution in [0.25, 0.3) is 0 Å². The first-order chi connectivity index (χ1) is 11.9. The van der Waals surface area contributed by atoms with Gasteiger partial charge in [-0.3, -0.25) is 9.59 Å². The fraction of sp³-hybridized carbons (Fsp3) is 0.471. The Kier molecular flexibility index (Phi) is 7.31. The topological polar surface area (TPSA) is 130 Å². The second kappa shape index (κ2) is 8.79. The summed E-state index contributed by atoms with van der Waals surface area (Å²) in [5.41, 5.74) is 0.691. The van der Waals surface area contributed by atoms with Crippen LogP contribution in [0.2, 0.25) is 0 Å². The minimum Gasteiger partial charge on any atom is -0.480 e. The number of rotatable bonds is 8. The monoisotopic (exact) mass is 384 g/mol. The van der Waals surface area contributed by atoms with Crippen LogP contribution in [0.4, 0.5) is 0 Å². The van der Waals surface area contributed by atoms with Gasteiger partial charge in [0.2, 0.25) is 5.91 Å². The van der Waals surface area contributed by atoms with Crippen LogP contribution in [0, 0.1) is 12.8 Å². The molecule has 0 radical (unpaired) electrons. The Morgan fingerprint density at radius 1 is 1.19 bits per heavy atom. The number of nitrogens with one attached hydrogen (secondary N) is 2. The highest BCUT2D eigenvalue weighted by molar-refractivity contribution is 7.90. The van der Waals surface area contributed by atoms with Crippen LogP contribution < -0.4 is 10.6 Å². The molecule has 8 nitrogen and oxygen atoms in total. The van der Waals surface area contributed by atoms with Gasteiger partial charge in [0.1, 0.15) is 6.04 Å². The molecule has 0 unspecified atom stereocenters. The van der Waals surface area contributed by atoms with Crippen molar-refractivity contribution in [3.63, 3.8) is 0 Å². The second-order valence-corrected chi connectivity index (χ2v) is 8.54. The predicted molar refractivity (Wildman–Crippen MR) is 95.6 cm³/mol. The van der Waals surface area contributed by atoms with E-state index in [1.54, 1.807) is 6.92 Å². The number of sulfone groups is 1. The Labute approximate surface area is 152 Å². The third-order valence-electron chi connectivity index (χ3n) is 3.63. The standard InChI is InChI=1S/C17H24N2O6S/c1-10(2)7-14(17(22)23)19-15(20)9-18-16(21)13-8-12(26(4,24)25)6-5-11(13)3/h5-6,8,10,14H,7,9H2,1-4H3,(H,18,21)(H,19,20)(H,22,23)/t14-/m0/s1. The van der Waals surface area contributed by atoms with Crippen molar-refractivity contribution in [3.8, 4) is 0 Å². The third kappa shape index (κ3) is 6.47. The lowest BCUT2D eigenvalue weighted by Gasteiger charge is -2.16. The molecule has 0 saturated carbocycles. The number of aryl methyl sites for hydroxylation is 1. The molecule has 0 aliphatic carbocycles. The Hall–Kier alpha value is -2.42. The summed E-state index contributed by atoms with van der Waals surface area (Å²) < 4.78 is 23.2. The minimum absolute atomic E-state index is 0.000533. The van der Waals surface area contributed by atoms with Crippen molar-refractivity contribution in [3.05, 3.63) is 29.3 Å². The zero-order chi connectivity index (χ0) is 20.1. The average molecular weight is 384 g/mol. The van der Waals surface area contributed by atoms with Crippen LogP contribution in [0.5, 0.6) is 0 Å². The van der Waals surface area contributed by atoms with E-state index in [0.717, 1.165) is 6.26 Å². The molecule has 3 N–H and O–H groups in total. The number of carboxylic acids is 1. The van der Waals surface area contributed by atoms with Gasteiger partial charge >= 0.3 is 5.97 Å². The first-order valence-electron chi connectivity index (χ1n) is 8.03. The van der Waals surface area contributed by atoms with Crippen molar-refractivity contribution in [1.82, 2.24) is 10.6 Å². The molecule has 1 aromatic rings. The van der Waals surface area contributed by atoms with E-state index in [1.807, 2.05) is 13.8 Å². The number of hydrogen-bond acceptors (Lipinski definition) is 5. The number of aliphatic carboxylic acids is 1. The molecule has 26 heavy (non-hydrogen) atoms. The van der Waals surface area contributed by atoms with Crippen LogP contribution in [-0.2, 0) is 19.4 Å². The van der Waals surface area contributed by atoms with Crippen molar-refractivity contribution in [2.24, 2.45) is 5.92 Å². The summed E-state index contributed by atoms with van der Waals surface area (Å²) in [5, 5.41) is 13.8. The molecule has 0 aliphatic rings. The molecular formula is C17H24N2O6S. The summed E-state index contributed by atoms with van der Waals surface area (Å²) in [5.74, 6) is -2.32. The second-order valence-electron chi connectivity index (χ2n) is 6.52. The lowest BCUT2D eigenvalue weighted by atomic mass is 10.0. The lowest BCUT2D eigenvalue weighted by Crippen LogP contribution is -2.46. The zero-order valence-electron chi connectivity index (χ0n) is 15.2. The first-order valence-corrected chi connectivity index (χ1v) is 9.92. The molecule has 0 fully saturated rings. The number of hydrogen-bond donors (Lipinski definition) is 3. The van der Waals surface area contributed by atoms with Crippen molar-refractivity contribution in [1.29, 1.82) is 0 Å². The van der Waals surface area contributed by atoms with Crippen molar-refractivity contribution in [2.45, 2.75) is 38.1 Å². The van der Waals surface area contributed by atoms with Gasteiger partial charge in [-0.15, -0.1) is 0 Å². The van der Waals surface area contributed by atoms with Crippen molar-refractivity contribution >= 4 is 27.6 Å². The average Bonchev–Trinajstić information content (AvgIpc) is 2.50. The maximum Gasteiger partial charge on any atom is 0.326 e. The Balaban J connectivity index is 2.77. The number of carboxylic acid groups (broad SMARTS) is 1. The molecule has 1 atom stereocenters. The molecule has 0 heterocycles. The van der Waals surface area contributed by atoms with Crippen LogP contribution >= 0.6 is 0 Å². The van der Waals surface area contributed by atoms with Crippen LogP contribution in [0.15, 0.2) is 23.1 Å². The fourth-order valence-electron chi connectivity index (χ4n) is 2.27. The lowest BCUT2D eigenvalue weighted by molar-refractivity contribution is -0.142. The minimum atomic E-state index is -3.47. The third-order valence-corrected chi connectivity index (χ3v) is 4.74. The maximum absolute atomic E-state index is 12.2. The van der Waals surface area contributed by atoms with Gasteiger partial charge in [0.15, 0.2) is 9.84 Å². The Morgan fingerprint density at radius 2 is 1.81 bits per heavy atom. The van der Waals surface area contributed by atoms with Gasteiger partial charge in [-0.05, 0) is 37.0 Å². The summed E-state index contributed by atoms with van der Waals surface area (Å²) >= 11 is 0. The van der Waals surface area contributed by atoms with Gasteiger partial charge in [-0.25, -0.2) is 13.2 Å². The largest absolute Gasteiger partial charge is 0.480 e. The number of amides is 2. The Bertz CT molecular complexity index is 801. The fourth-order valence-corrected chi connectivity index (χ4v) is 2.92.